The number of benzene rings is 1. The molecule has 1 heterocycles. The molecule has 0 radical (unpaired) electrons. The van der Waals surface area contributed by atoms with E-state index < -0.39 is 0 Å². The van der Waals surface area contributed by atoms with Crippen LogP contribution in [0.25, 0.3) is 0 Å². The van der Waals surface area contributed by atoms with E-state index in [4.69, 9.17) is 4.74 Å². The third-order valence-electron chi connectivity index (χ3n) is 4.52. The first kappa shape index (κ1) is 13.7. The summed E-state index contributed by atoms with van der Waals surface area (Å²) in [4.78, 5) is 0. The van der Waals surface area contributed by atoms with Gasteiger partial charge in [-0.25, -0.2) is 0 Å². The lowest BCUT2D eigenvalue weighted by atomic mass is 9.85. The Morgan fingerprint density at radius 1 is 1.25 bits per heavy atom. The van der Waals surface area contributed by atoms with Crippen molar-refractivity contribution in [2.24, 2.45) is 0 Å². The number of para-hydroxylation sites is 1. The van der Waals surface area contributed by atoms with Gasteiger partial charge in [0, 0.05) is 0 Å². The largest absolute Gasteiger partial charge is 0.493 e. The predicted molar refractivity (Wildman–Crippen MR) is 81.1 cm³/mol. The molecule has 2 unspecified atom stereocenters. The second kappa shape index (κ2) is 6.45. The van der Waals surface area contributed by atoms with Gasteiger partial charge < -0.3 is 9.84 Å². The first-order valence-corrected chi connectivity index (χ1v) is 7.90. The molecule has 20 heavy (non-hydrogen) atoms. The minimum Gasteiger partial charge on any atom is -0.493 e. The van der Waals surface area contributed by atoms with Gasteiger partial charge in [-0.1, -0.05) is 29.8 Å². The van der Waals surface area contributed by atoms with Crippen LogP contribution < -0.4 is 4.74 Å². The second-order valence-electron chi connectivity index (χ2n) is 6.07. The molecule has 1 aromatic rings. The first-order valence-electron chi connectivity index (χ1n) is 7.90. The van der Waals surface area contributed by atoms with Crippen molar-refractivity contribution in [1.82, 2.24) is 0 Å². The van der Waals surface area contributed by atoms with Crippen LogP contribution in [0.15, 0.2) is 35.9 Å². The van der Waals surface area contributed by atoms with Crippen LogP contribution in [-0.2, 0) is 0 Å². The van der Waals surface area contributed by atoms with Crippen molar-refractivity contribution in [3.8, 4) is 5.75 Å². The molecule has 1 aromatic carbocycles. The Morgan fingerprint density at radius 3 is 3.00 bits per heavy atom. The standard InChI is InChI=1S/C18H24O2/c19-16(12-14-6-2-1-3-7-14)13-15-10-11-20-18-9-5-4-8-17(15)18/h4-6,8-9,15-16,19H,1-3,7,10-13H2. The van der Waals surface area contributed by atoms with E-state index in [2.05, 4.69) is 18.2 Å². The molecule has 0 amide bonds. The lowest BCUT2D eigenvalue weighted by Gasteiger charge is -2.28. The number of ether oxygens (including phenoxy) is 1. The molecule has 2 atom stereocenters. The van der Waals surface area contributed by atoms with Crippen LogP contribution in [0.1, 0.15) is 56.4 Å². The summed E-state index contributed by atoms with van der Waals surface area (Å²) in [6.07, 6.45) is 9.85. The summed E-state index contributed by atoms with van der Waals surface area (Å²) in [5, 5.41) is 10.4. The third kappa shape index (κ3) is 3.24. The molecule has 0 aromatic heterocycles. The van der Waals surface area contributed by atoms with Gasteiger partial charge in [-0.3, -0.25) is 0 Å². The molecule has 2 heteroatoms. The van der Waals surface area contributed by atoms with Crippen LogP contribution in [0, 0.1) is 0 Å². The second-order valence-corrected chi connectivity index (χ2v) is 6.07. The Balaban J connectivity index is 1.62. The van der Waals surface area contributed by atoms with Crippen molar-refractivity contribution < 1.29 is 9.84 Å². The Morgan fingerprint density at radius 2 is 2.15 bits per heavy atom. The highest BCUT2D eigenvalue weighted by atomic mass is 16.5. The Labute approximate surface area is 121 Å². The molecule has 0 bridgehead atoms. The van der Waals surface area contributed by atoms with E-state index >= 15 is 0 Å². The summed E-state index contributed by atoms with van der Waals surface area (Å²) in [5.74, 6) is 1.45. The summed E-state index contributed by atoms with van der Waals surface area (Å²) in [7, 11) is 0. The summed E-state index contributed by atoms with van der Waals surface area (Å²) in [6.45, 7) is 0.775. The third-order valence-corrected chi connectivity index (χ3v) is 4.52. The molecular formula is C18H24O2. The van der Waals surface area contributed by atoms with Crippen molar-refractivity contribution in [3.63, 3.8) is 0 Å². The molecule has 0 saturated carbocycles. The van der Waals surface area contributed by atoms with E-state index in [1.54, 1.807) is 0 Å². The molecular weight excluding hydrogens is 248 g/mol. The number of aliphatic hydroxyl groups excluding tert-OH is 1. The fraction of sp³-hybridized carbons (Fsp3) is 0.556. The SMILES string of the molecule is OC(CC1=CCCCC1)CC1CCOc2ccccc21. The molecule has 1 aliphatic carbocycles. The number of hydrogen-bond acceptors (Lipinski definition) is 2. The highest BCUT2D eigenvalue weighted by molar-refractivity contribution is 5.37. The van der Waals surface area contributed by atoms with Gasteiger partial charge in [-0.2, -0.15) is 0 Å². The van der Waals surface area contributed by atoms with Gasteiger partial charge in [-0.15, -0.1) is 0 Å². The van der Waals surface area contributed by atoms with E-state index in [1.807, 2.05) is 12.1 Å². The van der Waals surface area contributed by atoms with Gasteiger partial charge in [-0.05, 0) is 62.5 Å². The van der Waals surface area contributed by atoms with E-state index in [-0.39, 0.29) is 6.10 Å². The van der Waals surface area contributed by atoms with Gasteiger partial charge in [0.05, 0.1) is 12.7 Å². The number of fused-ring (bicyclic) bond motifs is 1. The number of hydrogen-bond donors (Lipinski definition) is 1. The number of aliphatic hydroxyl groups is 1. The highest BCUT2D eigenvalue weighted by Gasteiger charge is 2.24. The molecule has 108 valence electrons. The highest BCUT2D eigenvalue weighted by Crippen LogP contribution is 2.37. The van der Waals surface area contributed by atoms with Gasteiger partial charge >= 0.3 is 0 Å². The van der Waals surface area contributed by atoms with Crippen LogP contribution in [0.3, 0.4) is 0 Å². The fourth-order valence-electron chi connectivity index (χ4n) is 3.47. The summed E-state index contributed by atoms with van der Waals surface area (Å²) < 4.78 is 5.69. The molecule has 3 rings (SSSR count). The Kier molecular flexibility index (Phi) is 4.41. The molecule has 2 nitrogen and oxygen atoms in total. The minimum atomic E-state index is -0.212. The average molecular weight is 272 g/mol. The Bertz CT molecular complexity index is 478. The zero-order valence-corrected chi connectivity index (χ0v) is 12.1. The van der Waals surface area contributed by atoms with E-state index in [9.17, 15) is 5.11 Å². The van der Waals surface area contributed by atoms with Gasteiger partial charge in [0.25, 0.3) is 0 Å². The first-order chi connectivity index (χ1) is 9.83. The zero-order chi connectivity index (χ0) is 13.8. The lowest BCUT2D eigenvalue weighted by molar-refractivity contribution is 0.142. The normalized spacial score (nSPS) is 23.4. The van der Waals surface area contributed by atoms with E-state index in [1.165, 1.54) is 36.8 Å². The van der Waals surface area contributed by atoms with E-state index in [0.717, 1.165) is 31.6 Å². The molecule has 0 spiro atoms. The van der Waals surface area contributed by atoms with Crippen LogP contribution in [0.4, 0.5) is 0 Å². The topological polar surface area (TPSA) is 29.5 Å². The van der Waals surface area contributed by atoms with Crippen molar-refractivity contribution in [3.05, 3.63) is 41.5 Å². The fourth-order valence-corrected chi connectivity index (χ4v) is 3.47. The quantitative estimate of drug-likeness (QED) is 0.833. The molecule has 0 saturated heterocycles. The van der Waals surface area contributed by atoms with Gasteiger partial charge in [0.15, 0.2) is 0 Å². The summed E-state index contributed by atoms with van der Waals surface area (Å²) >= 11 is 0. The molecule has 1 aliphatic heterocycles. The summed E-state index contributed by atoms with van der Waals surface area (Å²) in [6, 6.07) is 8.27. The maximum Gasteiger partial charge on any atom is 0.122 e. The van der Waals surface area contributed by atoms with Crippen LogP contribution in [0.5, 0.6) is 5.75 Å². The van der Waals surface area contributed by atoms with Crippen molar-refractivity contribution in [2.75, 3.05) is 6.61 Å². The smallest absolute Gasteiger partial charge is 0.122 e. The van der Waals surface area contributed by atoms with Crippen molar-refractivity contribution in [2.45, 2.75) is 57.0 Å². The van der Waals surface area contributed by atoms with Gasteiger partial charge in [0.1, 0.15) is 5.75 Å². The lowest BCUT2D eigenvalue weighted by Crippen LogP contribution is -2.20. The van der Waals surface area contributed by atoms with Crippen molar-refractivity contribution in [1.29, 1.82) is 0 Å². The number of rotatable bonds is 4. The maximum absolute atomic E-state index is 10.4. The maximum atomic E-state index is 10.4. The molecule has 2 aliphatic rings. The van der Waals surface area contributed by atoms with E-state index in [0.29, 0.717) is 5.92 Å². The molecule has 0 fully saturated rings. The average Bonchev–Trinajstić information content (AvgIpc) is 2.48. The minimum absolute atomic E-state index is 0.212. The zero-order valence-electron chi connectivity index (χ0n) is 12.1. The van der Waals surface area contributed by atoms with Crippen LogP contribution >= 0.6 is 0 Å². The predicted octanol–water partition coefficient (Wildman–Crippen LogP) is 4.19. The number of allylic oxidation sites excluding steroid dienone is 1. The van der Waals surface area contributed by atoms with Crippen LogP contribution in [-0.4, -0.2) is 17.8 Å². The van der Waals surface area contributed by atoms with Crippen LogP contribution in [0.2, 0.25) is 0 Å². The monoisotopic (exact) mass is 272 g/mol. The van der Waals surface area contributed by atoms with Crippen molar-refractivity contribution >= 4 is 0 Å². The molecule has 1 N–H and O–H groups in total. The van der Waals surface area contributed by atoms with Gasteiger partial charge in [0.2, 0.25) is 0 Å². The summed E-state index contributed by atoms with van der Waals surface area (Å²) in [5.41, 5.74) is 2.74. The Hall–Kier alpha value is -1.28.